The Hall–Kier alpha value is -0.990. The highest BCUT2D eigenvalue weighted by Crippen LogP contribution is 2.39. The van der Waals surface area contributed by atoms with Gasteiger partial charge < -0.3 is 10.4 Å². The van der Waals surface area contributed by atoms with Crippen molar-refractivity contribution in [1.29, 1.82) is 0 Å². The number of aromatic hydroxyl groups is 1. The molecule has 18 heavy (non-hydrogen) atoms. The van der Waals surface area contributed by atoms with Crippen molar-refractivity contribution in [3.8, 4) is 5.75 Å². The van der Waals surface area contributed by atoms with Crippen molar-refractivity contribution in [1.82, 2.24) is 0 Å². The molecule has 7 heteroatoms. The molecule has 1 rings (SSSR count). The Morgan fingerprint density at radius 1 is 1.39 bits per heavy atom. The van der Waals surface area contributed by atoms with Gasteiger partial charge in [0.1, 0.15) is 0 Å². The third-order valence-electron chi connectivity index (χ3n) is 2.20. The molecule has 2 N–H and O–H groups in total. The Balaban J connectivity index is 3.13. The van der Waals surface area contributed by atoms with Gasteiger partial charge in [-0.05, 0) is 34.7 Å². The van der Waals surface area contributed by atoms with Crippen LogP contribution in [0.4, 0.5) is 18.9 Å². The van der Waals surface area contributed by atoms with Gasteiger partial charge in [-0.2, -0.15) is 13.2 Å². The highest BCUT2D eigenvalue weighted by molar-refractivity contribution is 14.1. The molecule has 0 heterocycles. The number of nitrogens with one attached hydrogen (secondary N) is 1. The standard InChI is InChI=1S/C11H11F3INO2/c1-5(2)10(18)16-7-4-3-6(11(12,13)14)8(15)9(7)17/h3-5,17H,1-2H3,(H,16,18). The number of phenols is 1. The van der Waals surface area contributed by atoms with Crippen molar-refractivity contribution >= 4 is 34.2 Å². The molecule has 0 unspecified atom stereocenters. The summed E-state index contributed by atoms with van der Waals surface area (Å²) in [5, 5.41) is 12.0. The Bertz CT molecular complexity index is 472. The zero-order valence-electron chi connectivity index (χ0n) is 9.60. The van der Waals surface area contributed by atoms with Gasteiger partial charge in [0, 0.05) is 5.92 Å². The predicted molar refractivity (Wildman–Crippen MR) is 69.3 cm³/mol. The van der Waals surface area contributed by atoms with Crippen LogP contribution in [0.15, 0.2) is 12.1 Å². The van der Waals surface area contributed by atoms with E-state index in [0.717, 1.165) is 12.1 Å². The summed E-state index contributed by atoms with van der Waals surface area (Å²) >= 11 is 1.40. The number of halogens is 4. The minimum absolute atomic E-state index is 0.0221. The number of alkyl halides is 3. The molecule has 0 fully saturated rings. The second-order valence-corrected chi connectivity index (χ2v) is 5.04. The van der Waals surface area contributed by atoms with E-state index in [2.05, 4.69) is 5.32 Å². The van der Waals surface area contributed by atoms with E-state index >= 15 is 0 Å². The summed E-state index contributed by atoms with van der Waals surface area (Å²) in [4.78, 5) is 11.4. The first kappa shape index (κ1) is 15.1. The SMILES string of the molecule is CC(C)C(=O)Nc1ccc(C(F)(F)F)c(I)c1O. The predicted octanol–water partition coefficient (Wildman–Crippen LogP) is 3.61. The van der Waals surface area contributed by atoms with Crippen LogP contribution in [-0.4, -0.2) is 11.0 Å². The van der Waals surface area contributed by atoms with Crippen molar-refractivity contribution in [2.24, 2.45) is 5.92 Å². The lowest BCUT2D eigenvalue weighted by Gasteiger charge is -2.14. The maximum absolute atomic E-state index is 12.5. The molecule has 0 bridgehead atoms. The molecule has 0 radical (unpaired) electrons. The van der Waals surface area contributed by atoms with E-state index in [1.807, 2.05) is 0 Å². The highest BCUT2D eigenvalue weighted by atomic mass is 127. The van der Waals surface area contributed by atoms with Crippen LogP contribution >= 0.6 is 22.6 Å². The summed E-state index contributed by atoms with van der Waals surface area (Å²) < 4.78 is 37.3. The fourth-order valence-electron chi connectivity index (χ4n) is 1.16. The van der Waals surface area contributed by atoms with E-state index in [4.69, 9.17) is 0 Å². The van der Waals surface area contributed by atoms with E-state index in [1.54, 1.807) is 13.8 Å². The summed E-state index contributed by atoms with van der Waals surface area (Å²) in [6.07, 6.45) is -4.53. The second-order valence-electron chi connectivity index (χ2n) is 3.96. The summed E-state index contributed by atoms with van der Waals surface area (Å²) in [6.45, 7) is 3.28. The van der Waals surface area contributed by atoms with Crippen LogP contribution in [0.3, 0.4) is 0 Å². The highest BCUT2D eigenvalue weighted by Gasteiger charge is 2.34. The van der Waals surface area contributed by atoms with Gasteiger partial charge in [-0.3, -0.25) is 4.79 Å². The van der Waals surface area contributed by atoms with Gasteiger partial charge in [0.05, 0.1) is 14.8 Å². The maximum Gasteiger partial charge on any atom is 0.417 e. The van der Waals surface area contributed by atoms with Gasteiger partial charge >= 0.3 is 6.18 Å². The van der Waals surface area contributed by atoms with Crippen LogP contribution in [0.25, 0.3) is 0 Å². The fraction of sp³-hybridized carbons (Fsp3) is 0.364. The number of rotatable bonds is 2. The Morgan fingerprint density at radius 3 is 2.39 bits per heavy atom. The van der Waals surface area contributed by atoms with Gasteiger partial charge in [0.25, 0.3) is 0 Å². The van der Waals surface area contributed by atoms with Crippen LogP contribution in [0, 0.1) is 9.49 Å². The summed E-state index contributed by atoms with van der Waals surface area (Å²) in [5.41, 5.74) is -0.950. The van der Waals surface area contributed by atoms with Gasteiger partial charge in [-0.15, -0.1) is 0 Å². The third-order valence-corrected chi connectivity index (χ3v) is 3.30. The largest absolute Gasteiger partial charge is 0.505 e. The first-order chi connectivity index (χ1) is 8.14. The van der Waals surface area contributed by atoms with E-state index in [0.29, 0.717) is 0 Å². The zero-order valence-corrected chi connectivity index (χ0v) is 11.8. The monoisotopic (exact) mass is 373 g/mol. The van der Waals surface area contributed by atoms with E-state index < -0.39 is 17.5 Å². The van der Waals surface area contributed by atoms with Crippen molar-refractivity contribution in [2.75, 3.05) is 5.32 Å². The minimum Gasteiger partial charge on any atom is -0.505 e. The fourth-order valence-corrected chi connectivity index (χ4v) is 1.94. The molecular weight excluding hydrogens is 362 g/mol. The van der Waals surface area contributed by atoms with Crippen LogP contribution in [0.2, 0.25) is 0 Å². The maximum atomic E-state index is 12.5. The zero-order chi connectivity index (χ0) is 14.1. The molecule has 0 saturated carbocycles. The number of hydrogen-bond acceptors (Lipinski definition) is 2. The molecule has 0 saturated heterocycles. The molecule has 0 atom stereocenters. The number of amides is 1. The lowest BCUT2D eigenvalue weighted by Crippen LogP contribution is -2.18. The average Bonchev–Trinajstić information content (AvgIpc) is 2.22. The lowest BCUT2D eigenvalue weighted by molar-refractivity contribution is -0.138. The minimum atomic E-state index is -4.53. The number of carbonyl (C=O) groups excluding carboxylic acids is 1. The van der Waals surface area contributed by atoms with E-state index in [9.17, 15) is 23.1 Å². The number of phenolic OH excluding ortho intramolecular Hbond substituents is 1. The first-order valence-electron chi connectivity index (χ1n) is 5.04. The third kappa shape index (κ3) is 3.27. The molecule has 0 spiro atoms. The first-order valence-corrected chi connectivity index (χ1v) is 6.12. The summed E-state index contributed by atoms with van der Waals surface area (Å²) in [5.74, 6) is -1.27. The van der Waals surface area contributed by atoms with Crippen molar-refractivity contribution in [3.63, 3.8) is 0 Å². The molecule has 1 amide bonds. The van der Waals surface area contributed by atoms with Gasteiger partial charge in [0.2, 0.25) is 5.91 Å². The quantitative estimate of drug-likeness (QED) is 0.615. The van der Waals surface area contributed by atoms with E-state index in [-0.39, 0.29) is 21.1 Å². The second kappa shape index (κ2) is 5.33. The summed E-state index contributed by atoms with van der Waals surface area (Å²) in [6, 6.07) is 1.87. The Morgan fingerprint density at radius 2 is 1.94 bits per heavy atom. The molecule has 3 nitrogen and oxygen atoms in total. The van der Waals surface area contributed by atoms with Crippen molar-refractivity contribution in [3.05, 3.63) is 21.3 Å². The van der Waals surface area contributed by atoms with E-state index in [1.165, 1.54) is 22.6 Å². The van der Waals surface area contributed by atoms with Gasteiger partial charge in [0.15, 0.2) is 5.75 Å². The van der Waals surface area contributed by atoms with Gasteiger partial charge in [-0.1, -0.05) is 13.8 Å². The Labute approximate surface area is 116 Å². The number of carbonyl (C=O) groups is 1. The molecule has 0 aliphatic rings. The molecule has 100 valence electrons. The van der Waals surface area contributed by atoms with Crippen LogP contribution < -0.4 is 5.32 Å². The molecule has 0 aliphatic heterocycles. The normalized spacial score (nSPS) is 11.7. The number of benzene rings is 1. The van der Waals surface area contributed by atoms with Crippen LogP contribution in [0.1, 0.15) is 19.4 Å². The smallest absolute Gasteiger partial charge is 0.417 e. The average molecular weight is 373 g/mol. The molecule has 1 aromatic carbocycles. The van der Waals surface area contributed by atoms with Crippen LogP contribution in [-0.2, 0) is 11.0 Å². The van der Waals surface area contributed by atoms with Crippen molar-refractivity contribution < 1.29 is 23.1 Å². The topological polar surface area (TPSA) is 49.3 Å². The van der Waals surface area contributed by atoms with Crippen molar-refractivity contribution in [2.45, 2.75) is 20.0 Å². The van der Waals surface area contributed by atoms with Crippen LogP contribution in [0.5, 0.6) is 5.75 Å². The number of hydrogen-bond donors (Lipinski definition) is 2. The molecule has 1 aromatic rings. The summed E-state index contributed by atoms with van der Waals surface area (Å²) in [7, 11) is 0. The number of anilines is 1. The molecule has 0 aromatic heterocycles. The molecule has 0 aliphatic carbocycles. The molecular formula is C11H11F3INO2. The Kier molecular flexibility index (Phi) is 4.46. The van der Waals surface area contributed by atoms with Gasteiger partial charge in [-0.25, -0.2) is 0 Å². The lowest BCUT2D eigenvalue weighted by atomic mass is 10.1.